The zero-order valence-electron chi connectivity index (χ0n) is 22.3. The van der Waals surface area contributed by atoms with Crippen LogP contribution in [0.3, 0.4) is 0 Å². The summed E-state index contributed by atoms with van der Waals surface area (Å²) in [6.07, 6.45) is 2.67. The van der Waals surface area contributed by atoms with Gasteiger partial charge in [0.05, 0.1) is 17.0 Å². The number of amides is 2. The summed E-state index contributed by atoms with van der Waals surface area (Å²) >= 11 is 0. The highest BCUT2D eigenvalue weighted by molar-refractivity contribution is 7.91. The van der Waals surface area contributed by atoms with Gasteiger partial charge in [0.2, 0.25) is 20.9 Å². The molecule has 2 saturated heterocycles. The number of sulfone groups is 1. The number of alkyl carbamates (subject to hydrolysis) is 1. The van der Waals surface area contributed by atoms with Gasteiger partial charge in [-0.15, -0.1) is 0 Å². The third-order valence-electron chi connectivity index (χ3n) is 6.61. The predicted molar refractivity (Wildman–Crippen MR) is 133 cm³/mol. The summed E-state index contributed by atoms with van der Waals surface area (Å²) in [5, 5.41) is 2.26. The number of hydrogen-bond donors (Lipinski definition) is 1. The van der Waals surface area contributed by atoms with Crippen molar-refractivity contribution in [2.75, 3.05) is 18.8 Å². The van der Waals surface area contributed by atoms with Crippen molar-refractivity contribution in [1.29, 1.82) is 0 Å². The van der Waals surface area contributed by atoms with Gasteiger partial charge in [-0.25, -0.2) is 23.2 Å². The van der Waals surface area contributed by atoms with Crippen molar-refractivity contribution in [2.45, 2.75) is 89.8 Å². The van der Waals surface area contributed by atoms with Crippen LogP contribution in [0.4, 0.5) is 4.79 Å². The van der Waals surface area contributed by atoms with Gasteiger partial charge in [0, 0.05) is 30.9 Å². The maximum absolute atomic E-state index is 13.0. The summed E-state index contributed by atoms with van der Waals surface area (Å²) < 4.78 is 43.0. The Morgan fingerprint density at radius 1 is 1.19 bits per heavy atom. The number of nitrogens with zero attached hydrogens (tertiary/aromatic N) is 3. The van der Waals surface area contributed by atoms with Crippen LogP contribution in [0.1, 0.15) is 61.8 Å². The topological polar surface area (TPSA) is 137 Å². The summed E-state index contributed by atoms with van der Waals surface area (Å²) in [4.78, 5) is 34.4. The van der Waals surface area contributed by atoms with Crippen molar-refractivity contribution in [3.05, 3.63) is 12.4 Å². The van der Waals surface area contributed by atoms with E-state index in [1.807, 2.05) is 27.7 Å². The summed E-state index contributed by atoms with van der Waals surface area (Å²) in [5.74, 6) is -0.733. The minimum atomic E-state index is -3.77. The van der Waals surface area contributed by atoms with Crippen LogP contribution in [-0.4, -0.2) is 84.1 Å². The molecule has 1 N–H and O–H groups in total. The molecule has 1 aromatic heterocycles. The van der Waals surface area contributed by atoms with Gasteiger partial charge in [0.25, 0.3) is 0 Å². The van der Waals surface area contributed by atoms with Crippen molar-refractivity contribution in [1.82, 2.24) is 20.2 Å². The fraction of sp³-hybridized carbons (Fsp3) is 0.739. The molecule has 1 aromatic rings. The second-order valence-electron chi connectivity index (χ2n) is 11.5. The Hall–Kier alpha value is -2.25. The molecule has 2 aliphatic rings. The standard InChI is InChI=1S/C23H37BN4O7S/c1-15(27-20(30)33-21(2,3)4)18(29)28-10-9-16(13-28)14-36(31,32)19-25-11-17(12-26-19)24-34-22(5,6)23(7,8)35-24/h11-12,15-16H,9-10,13-14H2,1-8H3,(H,27,30)/t15-,16+/m1/s1. The van der Waals surface area contributed by atoms with Gasteiger partial charge in [-0.2, -0.15) is 0 Å². The fourth-order valence-electron chi connectivity index (χ4n) is 3.96. The van der Waals surface area contributed by atoms with Gasteiger partial charge in [0.1, 0.15) is 11.6 Å². The minimum absolute atomic E-state index is 0.180. The van der Waals surface area contributed by atoms with Crippen LogP contribution in [0.25, 0.3) is 0 Å². The first kappa shape index (κ1) is 28.3. The van der Waals surface area contributed by atoms with Crippen LogP contribution < -0.4 is 10.8 Å². The van der Waals surface area contributed by atoms with Crippen LogP contribution in [0.2, 0.25) is 0 Å². The molecule has 200 valence electrons. The zero-order valence-corrected chi connectivity index (χ0v) is 23.1. The van der Waals surface area contributed by atoms with E-state index in [4.69, 9.17) is 14.0 Å². The maximum atomic E-state index is 13.0. The molecular weight excluding hydrogens is 487 g/mol. The van der Waals surface area contributed by atoms with Crippen LogP contribution in [0.15, 0.2) is 17.6 Å². The molecule has 2 amide bonds. The van der Waals surface area contributed by atoms with Crippen molar-refractivity contribution < 1.29 is 32.1 Å². The number of nitrogens with one attached hydrogen (secondary N) is 1. The van der Waals surface area contributed by atoms with Gasteiger partial charge in [-0.3, -0.25) is 4.79 Å². The third kappa shape index (κ3) is 6.54. The van der Waals surface area contributed by atoms with Crippen molar-refractivity contribution in [3.8, 4) is 0 Å². The van der Waals surface area contributed by atoms with Crippen LogP contribution in [0.5, 0.6) is 0 Å². The number of ether oxygens (including phenoxy) is 1. The molecule has 13 heteroatoms. The second kappa shape index (κ2) is 9.90. The van der Waals surface area contributed by atoms with Crippen LogP contribution in [-0.2, 0) is 28.7 Å². The minimum Gasteiger partial charge on any atom is -0.444 e. The van der Waals surface area contributed by atoms with E-state index in [9.17, 15) is 18.0 Å². The van der Waals surface area contributed by atoms with E-state index in [2.05, 4.69) is 15.3 Å². The smallest absolute Gasteiger partial charge is 0.444 e. The van der Waals surface area contributed by atoms with E-state index in [1.54, 1.807) is 32.6 Å². The van der Waals surface area contributed by atoms with Gasteiger partial charge in [0.15, 0.2) is 0 Å². The SMILES string of the molecule is C[C@@H](NC(=O)OC(C)(C)C)C(=O)N1CC[C@H](CS(=O)(=O)c2ncc(B3OC(C)(C)C(C)(C)O3)cn2)C1. The first-order valence-electron chi connectivity index (χ1n) is 12.1. The number of rotatable bonds is 6. The Kier molecular flexibility index (Phi) is 7.79. The van der Waals surface area contributed by atoms with E-state index in [0.29, 0.717) is 18.4 Å². The van der Waals surface area contributed by atoms with E-state index in [0.717, 1.165) is 0 Å². The van der Waals surface area contributed by atoms with Gasteiger partial charge in [-0.05, 0) is 67.7 Å². The first-order chi connectivity index (χ1) is 16.4. The average Bonchev–Trinajstić information content (AvgIpc) is 3.26. The summed E-state index contributed by atoms with van der Waals surface area (Å²) in [5.41, 5.74) is -1.20. The maximum Gasteiger partial charge on any atom is 0.498 e. The molecule has 3 heterocycles. The molecule has 0 saturated carbocycles. The number of carbonyl (C=O) groups excluding carboxylic acids is 2. The predicted octanol–water partition coefficient (Wildman–Crippen LogP) is 1.31. The molecular formula is C23H37BN4O7S. The molecule has 0 bridgehead atoms. The molecule has 0 radical (unpaired) electrons. The lowest BCUT2D eigenvalue weighted by Crippen LogP contribution is -2.47. The molecule has 0 aromatic carbocycles. The molecule has 36 heavy (non-hydrogen) atoms. The average molecular weight is 524 g/mol. The Morgan fingerprint density at radius 2 is 1.75 bits per heavy atom. The molecule has 3 rings (SSSR count). The number of hydrogen-bond acceptors (Lipinski definition) is 9. The van der Waals surface area contributed by atoms with Crippen molar-refractivity contribution in [2.24, 2.45) is 5.92 Å². The van der Waals surface area contributed by atoms with Crippen molar-refractivity contribution in [3.63, 3.8) is 0 Å². The van der Waals surface area contributed by atoms with E-state index in [-0.39, 0.29) is 29.3 Å². The molecule has 0 spiro atoms. The molecule has 0 aliphatic carbocycles. The van der Waals surface area contributed by atoms with Gasteiger partial charge >= 0.3 is 13.2 Å². The van der Waals surface area contributed by atoms with E-state index < -0.39 is 45.9 Å². The highest BCUT2D eigenvalue weighted by Crippen LogP contribution is 2.36. The highest BCUT2D eigenvalue weighted by Gasteiger charge is 2.52. The summed E-state index contributed by atoms with van der Waals surface area (Å²) in [6, 6.07) is -0.791. The van der Waals surface area contributed by atoms with Crippen LogP contribution >= 0.6 is 0 Å². The monoisotopic (exact) mass is 524 g/mol. The second-order valence-corrected chi connectivity index (χ2v) is 13.4. The van der Waals surface area contributed by atoms with E-state index >= 15 is 0 Å². The van der Waals surface area contributed by atoms with Crippen molar-refractivity contribution >= 4 is 34.4 Å². The number of likely N-dealkylation sites (tertiary alicyclic amines) is 1. The quantitative estimate of drug-likeness (QED) is 0.431. The zero-order chi connectivity index (χ0) is 27.1. The summed E-state index contributed by atoms with van der Waals surface area (Å²) in [7, 11) is -4.45. The molecule has 2 atom stereocenters. The van der Waals surface area contributed by atoms with Gasteiger partial charge in [-0.1, -0.05) is 0 Å². The molecule has 11 nitrogen and oxygen atoms in total. The Bertz CT molecular complexity index is 1070. The number of carbonyl (C=O) groups is 2. The summed E-state index contributed by atoms with van der Waals surface area (Å²) in [6.45, 7) is 15.2. The third-order valence-corrected chi connectivity index (χ3v) is 8.29. The lowest BCUT2D eigenvalue weighted by Gasteiger charge is -2.32. The highest BCUT2D eigenvalue weighted by atomic mass is 32.2. The molecule has 2 aliphatic heterocycles. The Morgan fingerprint density at radius 3 is 2.28 bits per heavy atom. The fourth-order valence-corrected chi connectivity index (χ4v) is 5.43. The number of aromatic nitrogens is 2. The molecule has 2 fully saturated rings. The molecule has 0 unspecified atom stereocenters. The lowest BCUT2D eigenvalue weighted by molar-refractivity contribution is -0.132. The normalized spacial score (nSPS) is 22.4. The Balaban J connectivity index is 1.56. The van der Waals surface area contributed by atoms with E-state index in [1.165, 1.54) is 12.4 Å². The Labute approximate surface area is 213 Å². The van der Waals surface area contributed by atoms with Gasteiger partial charge < -0.3 is 24.3 Å². The van der Waals surface area contributed by atoms with Crippen LogP contribution in [0, 0.1) is 5.92 Å². The largest absolute Gasteiger partial charge is 0.498 e. The lowest BCUT2D eigenvalue weighted by atomic mass is 9.81. The first-order valence-corrected chi connectivity index (χ1v) is 13.7.